The van der Waals surface area contributed by atoms with Crippen LogP contribution in [0.2, 0.25) is 5.02 Å². The fourth-order valence-electron chi connectivity index (χ4n) is 2.46. The van der Waals surface area contributed by atoms with Crippen molar-refractivity contribution in [3.63, 3.8) is 0 Å². The van der Waals surface area contributed by atoms with E-state index in [2.05, 4.69) is 5.32 Å². The molecule has 18 heavy (non-hydrogen) atoms. The Hall–Kier alpha value is -1.22. The number of hydrogen-bond donors (Lipinski definition) is 2. The third kappa shape index (κ3) is 3.64. The lowest BCUT2D eigenvalue weighted by Gasteiger charge is -2.10. The van der Waals surface area contributed by atoms with Crippen LogP contribution in [0.1, 0.15) is 38.5 Å². The topological polar surface area (TPSA) is 49.3 Å². The van der Waals surface area contributed by atoms with Gasteiger partial charge in [0.2, 0.25) is 5.91 Å². The lowest BCUT2D eigenvalue weighted by Crippen LogP contribution is -2.12. The smallest absolute Gasteiger partial charge is 0.224 e. The van der Waals surface area contributed by atoms with Gasteiger partial charge < -0.3 is 10.4 Å². The van der Waals surface area contributed by atoms with E-state index in [1.54, 1.807) is 12.1 Å². The summed E-state index contributed by atoms with van der Waals surface area (Å²) in [6.07, 6.45) is 6.53. The second-order valence-electron chi connectivity index (χ2n) is 4.90. The molecule has 0 aliphatic heterocycles. The van der Waals surface area contributed by atoms with Crippen LogP contribution >= 0.6 is 11.6 Å². The number of amides is 1. The number of benzene rings is 1. The minimum absolute atomic E-state index is 0.0496. The Bertz CT molecular complexity index is 428. The lowest BCUT2D eigenvalue weighted by atomic mass is 10.0. The molecule has 1 aromatic carbocycles. The van der Waals surface area contributed by atoms with Gasteiger partial charge in [0.1, 0.15) is 5.75 Å². The van der Waals surface area contributed by atoms with Crippen LogP contribution in [0.15, 0.2) is 18.2 Å². The van der Waals surface area contributed by atoms with Gasteiger partial charge in [0.25, 0.3) is 0 Å². The van der Waals surface area contributed by atoms with Gasteiger partial charge in [-0.25, -0.2) is 0 Å². The zero-order valence-electron chi connectivity index (χ0n) is 10.3. The van der Waals surface area contributed by atoms with Crippen LogP contribution in [0, 0.1) is 5.92 Å². The molecule has 0 atom stereocenters. The fraction of sp³-hybridized carbons (Fsp3) is 0.500. The molecule has 98 valence electrons. The van der Waals surface area contributed by atoms with E-state index in [4.69, 9.17) is 11.6 Å². The average molecular weight is 268 g/mol. The van der Waals surface area contributed by atoms with Gasteiger partial charge in [-0.2, -0.15) is 0 Å². The molecular formula is C14H18ClNO2. The molecule has 1 aliphatic carbocycles. The first-order valence-electron chi connectivity index (χ1n) is 6.43. The second kappa shape index (κ2) is 6.10. The molecule has 4 heteroatoms. The summed E-state index contributed by atoms with van der Waals surface area (Å²) in [6, 6.07) is 4.63. The Kier molecular flexibility index (Phi) is 4.48. The number of halogens is 1. The zero-order chi connectivity index (χ0) is 13.0. The summed E-state index contributed by atoms with van der Waals surface area (Å²) in [5, 5.41) is 12.8. The summed E-state index contributed by atoms with van der Waals surface area (Å²) in [5.74, 6) is 0.691. The molecule has 0 heterocycles. The normalized spacial score (nSPS) is 15.8. The maximum Gasteiger partial charge on any atom is 0.224 e. The summed E-state index contributed by atoms with van der Waals surface area (Å²) in [7, 11) is 0. The molecular weight excluding hydrogens is 250 g/mol. The molecule has 2 rings (SSSR count). The number of phenolic OH excluding ortho intramolecular Hbond substituents is 1. The Morgan fingerprint density at radius 1 is 1.39 bits per heavy atom. The molecule has 1 amide bonds. The van der Waals surface area contributed by atoms with Crippen molar-refractivity contribution in [2.75, 3.05) is 5.32 Å². The summed E-state index contributed by atoms with van der Waals surface area (Å²) in [4.78, 5) is 11.8. The van der Waals surface area contributed by atoms with E-state index in [-0.39, 0.29) is 11.7 Å². The Morgan fingerprint density at radius 2 is 2.11 bits per heavy atom. The molecule has 1 aromatic rings. The van der Waals surface area contributed by atoms with Crippen molar-refractivity contribution < 1.29 is 9.90 Å². The lowest BCUT2D eigenvalue weighted by molar-refractivity contribution is -0.116. The molecule has 1 saturated carbocycles. The first kappa shape index (κ1) is 13.2. The molecule has 1 aliphatic rings. The van der Waals surface area contributed by atoms with Gasteiger partial charge in [-0.1, -0.05) is 37.3 Å². The van der Waals surface area contributed by atoms with Crippen LogP contribution < -0.4 is 5.32 Å². The van der Waals surface area contributed by atoms with E-state index in [1.807, 2.05) is 0 Å². The van der Waals surface area contributed by atoms with E-state index < -0.39 is 0 Å². The number of carbonyl (C=O) groups is 1. The van der Waals surface area contributed by atoms with Crippen LogP contribution in [0.4, 0.5) is 5.69 Å². The van der Waals surface area contributed by atoms with Gasteiger partial charge in [0.15, 0.2) is 0 Å². The summed E-state index contributed by atoms with van der Waals surface area (Å²) < 4.78 is 0. The minimum Gasteiger partial charge on any atom is -0.506 e. The number of hydrogen-bond acceptors (Lipinski definition) is 2. The third-order valence-electron chi connectivity index (χ3n) is 3.49. The van der Waals surface area contributed by atoms with Crippen molar-refractivity contribution in [1.29, 1.82) is 0 Å². The highest BCUT2D eigenvalue weighted by Crippen LogP contribution is 2.29. The number of carbonyl (C=O) groups excluding carboxylic acids is 1. The van der Waals surface area contributed by atoms with Crippen molar-refractivity contribution in [3.05, 3.63) is 23.2 Å². The summed E-state index contributed by atoms with van der Waals surface area (Å²) in [5.41, 5.74) is 0.388. The van der Waals surface area contributed by atoms with E-state index in [0.29, 0.717) is 23.0 Å². The highest BCUT2D eigenvalue weighted by molar-refractivity contribution is 6.31. The Balaban J connectivity index is 1.84. The first-order chi connectivity index (χ1) is 8.65. The van der Waals surface area contributed by atoms with Crippen molar-refractivity contribution >= 4 is 23.2 Å². The fourth-order valence-corrected chi connectivity index (χ4v) is 2.63. The number of aromatic hydroxyl groups is 1. The maximum absolute atomic E-state index is 11.8. The molecule has 1 fully saturated rings. The van der Waals surface area contributed by atoms with Crippen molar-refractivity contribution in [1.82, 2.24) is 0 Å². The van der Waals surface area contributed by atoms with Gasteiger partial charge >= 0.3 is 0 Å². The molecule has 0 bridgehead atoms. The summed E-state index contributed by atoms with van der Waals surface area (Å²) >= 11 is 5.82. The minimum atomic E-state index is -0.0560. The highest BCUT2D eigenvalue weighted by atomic mass is 35.5. The average Bonchev–Trinajstić information content (AvgIpc) is 2.84. The molecule has 2 N–H and O–H groups in total. The highest BCUT2D eigenvalue weighted by Gasteiger charge is 2.16. The SMILES string of the molecule is O=C(CCC1CCCC1)Nc1cc(Cl)ccc1O. The molecule has 0 spiro atoms. The number of anilines is 1. The first-order valence-corrected chi connectivity index (χ1v) is 6.81. The van der Waals surface area contributed by atoms with Crippen LogP contribution in [0.25, 0.3) is 0 Å². The third-order valence-corrected chi connectivity index (χ3v) is 3.72. The number of rotatable bonds is 4. The predicted molar refractivity (Wildman–Crippen MR) is 72.9 cm³/mol. The predicted octanol–water partition coefficient (Wildman–Crippen LogP) is 3.95. The van der Waals surface area contributed by atoms with Crippen molar-refractivity contribution in [3.8, 4) is 5.75 Å². The van der Waals surface area contributed by atoms with Gasteiger partial charge in [0, 0.05) is 11.4 Å². The van der Waals surface area contributed by atoms with E-state index >= 15 is 0 Å². The zero-order valence-corrected chi connectivity index (χ0v) is 11.0. The molecule has 0 unspecified atom stereocenters. The van der Waals surface area contributed by atoms with Crippen LogP contribution in [0.3, 0.4) is 0 Å². The largest absolute Gasteiger partial charge is 0.506 e. The standard InChI is InChI=1S/C14H18ClNO2/c15-11-6-7-13(17)12(9-11)16-14(18)8-5-10-3-1-2-4-10/h6-7,9-10,17H,1-5,8H2,(H,16,18). The van der Waals surface area contributed by atoms with Crippen molar-refractivity contribution in [2.45, 2.75) is 38.5 Å². The quantitative estimate of drug-likeness (QED) is 0.812. The van der Waals surface area contributed by atoms with Crippen molar-refractivity contribution in [2.24, 2.45) is 5.92 Å². The molecule has 3 nitrogen and oxygen atoms in total. The molecule has 0 radical (unpaired) electrons. The van der Waals surface area contributed by atoms with Gasteiger partial charge in [-0.3, -0.25) is 4.79 Å². The van der Waals surface area contributed by atoms with Crippen LogP contribution in [-0.4, -0.2) is 11.0 Å². The Morgan fingerprint density at radius 3 is 2.83 bits per heavy atom. The van der Waals surface area contributed by atoms with E-state index in [1.165, 1.54) is 31.7 Å². The number of nitrogens with one attached hydrogen (secondary N) is 1. The summed E-state index contributed by atoms with van der Waals surface area (Å²) in [6.45, 7) is 0. The van der Waals surface area contributed by atoms with Crippen LogP contribution in [0.5, 0.6) is 5.75 Å². The maximum atomic E-state index is 11.8. The van der Waals surface area contributed by atoms with Gasteiger partial charge in [0.05, 0.1) is 5.69 Å². The van der Waals surface area contributed by atoms with Gasteiger partial charge in [-0.05, 0) is 30.5 Å². The molecule has 0 saturated heterocycles. The van der Waals surface area contributed by atoms with E-state index in [9.17, 15) is 9.90 Å². The monoisotopic (exact) mass is 267 g/mol. The molecule has 0 aromatic heterocycles. The second-order valence-corrected chi connectivity index (χ2v) is 5.34. The van der Waals surface area contributed by atoms with Crippen LogP contribution in [-0.2, 0) is 4.79 Å². The Labute approximate surface area is 112 Å². The van der Waals surface area contributed by atoms with E-state index in [0.717, 1.165) is 6.42 Å². The van der Waals surface area contributed by atoms with Gasteiger partial charge in [-0.15, -0.1) is 0 Å². The number of phenols is 1.